The molecule has 1 aliphatic heterocycles. The highest BCUT2D eigenvalue weighted by Crippen LogP contribution is 2.36. The predicted octanol–water partition coefficient (Wildman–Crippen LogP) is 6.16. The lowest BCUT2D eigenvalue weighted by Crippen LogP contribution is -2.46. The normalized spacial score (nSPS) is 18.0. The molecule has 0 aliphatic carbocycles. The average Bonchev–Trinajstić information content (AvgIpc) is 2.77. The van der Waals surface area contributed by atoms with Crippen molar-refractivity contribution in [3.05, 3.63) is 95.0 Å². The van der Waals surface area contributed by atoms with Gasteiger partial charge in [0.2, 0.25) is 0 Å². The molecule has 0 spiro atoms. The first-order valence-corrected chi connectivity index (χ1v) is 10.6. The van der Waals surface area contributed by atoms with Crippen molar-refractivity contribution in [2.75, 3.05) is 6.54 Å². The van der Waals surface area contributed by atoms with E-state index in [1.165, 1.54) is 0 Å². The summed E-state index contributed by atoms with van der Waals surface area (Å²) in [5.74, 6) is 0.714. The molecule has 2 atom stereocenters. The van der Waals surface area contributed by atoms with Crippen LogP contribution in [0.2, 0.25) is 5.02 Å². The summed E-state index contributed by atoms with van der Waals surface area (Å²) in [5.41, 5.74) is 2.02. The van der Waals surface area contributed by atoms with E-state index in [4.69, 9.17) is 16.3 Å². The Morgan fingerprint density at radius 2 is 1.67 bits per heavy atom. The van der Waals surface area contributed by atoms with Crippen LogP contribution in [0, 0.1) is 0 Å². The summed E-state index contributed by atoms with van der Waals surface area (Å²) in [6, 6.07) is 24.5. The molecule has 0 bridgehead atoms. The number of rotatable bonds is 6. The second-order valence-electron chi connectivity index (χ2n) is 7.53. The monoisotopic (exact) mass is 421 g/mol. The summed E-state index contributed by atoms with van der Waals surface area (Å²) in [7, 11) is 0. The molecule has 2 unspecified atom stereocenters. The number of hydrogen-bond donors (Lipinski definition) is 1. The molecule has 0 aromatic heterocycles. The number of carbonyl (C=O) groups is 1. The number of benzene rings is 3. The van der Waals surface area contributed by atoms with Crippen LogP contribution in [0.3, 0.4) is 0 Å². The van der Waals surface area contributed by atoms with Crippen LogP contribution in [0.25, 0.3) is 0 Å². The molecule has 5 heteroatoms. The summed E-state index contributed by atoms with van der Waals surface area (Å²) in [4.78, 5) is 14.1. The van der Waals surface area contributed by atoms with Crippen molar-refractivity contribution < 1.29 is 14.6 Å². The Bertz CT molecular complexity index is 991. The first kappa shape index (κ1) is 20.5. The van der Waals surface area contributed by atoms with Gasteiger partial charge in [-0.15, -0.1) is 0 Å². The van der Waals surface area contributed by atoms with Crippen LogP contribution < -0.4 is 4.74 Å². The van der Waals surface area contributed by atoms with E-state index in [1.807, 2.05) is 78.9 Å². The molecule has 0 radical (unpaired) electrons. The number of halogens is 1. The van der Waals surface area contributed by atoms with Gasteiger partial charge in [0.15, 0.2) is 0 Å². The van der Waals surface area contributed by atoms with Gasteiger partial charge in [0, 0.05) is 5.02 Å². The lowest BCUT2D eigenvalue weighted by Gasteiger charge is -2.39. The van der Waals surface area contributed by atoms with Gasteiger partial charge in [-0.25, -0.2) is 0 Å². The van der Waals surface area contributed by atoms with Crippen molar-refractivity contribution in [2.45, 2.75) is 31.3 Å². The van der Waals surface area contributed by atoms with Gasteiger partial charge in [0.1, 0.15) is 17.5 Å². The van der Waals surface area contributed by atoms with Crippen LogP contribution in [-0.2, 0) is 4.79 Å². The Morgan fingerprint density at radius 3 is 2.40 bits per heavy atom. The zero-order valence-electron chi connectivity index (χ0n) is 16.6. The van der Waals surface area contributed by atoms with E-state index in [1.54, 1.807) is 0 Å². The fourth-order valence-electron chi connectivity index (χ4n) is 4.12. The quantitative estimate of drug-likeness (QED) is 0.517. The number of carboxylic acid groups (broad SMARTS) is 1. The predicted molar refractivity (Wildman–Crippen MR) is 118 cm³/mol. The maximum Gasteiger partial charge on any atom is 0.320 e. The third-order valence-electron chi connectivity index (χ3n) is 5.50. The van der Waals surface area contributed by atoms with Gasteiger partial charge in [-0.1, -0.05) is 60.5 Å². The highest BCUT2D eigenvalue weighted by Gasteiger charge is 2.35. The van der Waals surface area contributed by atoms with Crippen LogP contribution in [0.1, 0.15) is 36.4 Å². The van der Waals surface area contributed by atoms with Crippen LogP contribution in [0.15, 0.2) is 78.9 Å². The van der Waals surface area contributed by atoms with Crippen LogP contribution in [0.4, 0.5) is 0 Å². The first-order valence-electron chi connectivity index (χ1n) is 10.2. The van der Waals surface area contributed by atoms with Gasteiger partial charge >= 0.3 is 5.97 Å². The number of piperidine rings is 1. The topological polar surface area (TPSA) is 49.8 Å². The Labute approximate surface area is 181 Å². The second kappa shape index (κ2) is 9.33. The minimum atomic E-state index is -0.773. The SMILES string of the molecule is O=C(O)C1CCCCN1C(c1ccc(Cl)cc1)c1cccc(Oc2ccccc2)c1. The number of likely N-dealkylation sites (tertiary alicyclic amines) is 1. The lowest BCUT2D eigenvalue weighted by atomic mass is 9.91. The highest BCUT2D eigenvalue weighted by atomic mass is 35.5. The van der Waals surface area contributed by atoms with E-state index in [0.29, 0.717) is 11.4 Å². The summed E-state index contributed by atoms with van der Waals surface area (Å²) >= 11 is 6.12. The summed E-state index contributed by atoms with van der Waals surface area (Å²) < 4.78 is 6.03. The van der Waals surface area contributed by atoms with E-state index in [2.05, 4.69) is 4.90 Å². The molecule has 1 heterocycles. The molecule has 1 aliphatic rings. The van der Waals surface area contributed by atoms with Crippen molar-refractivity contribution >= 4 is 17.6 Å². The number of aliphatic carboxylic acids is 1. The fourth-order valence-corrected chi connectivity index (χ4v) is 4.25. The zero-order valence-corrected chi connectivity index (χ0v) is 17.3. The van der Waals surface area contributed by atoms with Gasteiger partial charge in [-0.2, -0.15) is 0 Å². The zero-order chi connectivity index (χ0) is 20.9. The van der Waals surface area contributed by atoms with Crippen molar-refractivity contribution in [2.24, 2.45) is 0 Å². The molecule has 3 aromatic rings. The second-order valence-corrected chi connectivity index (χ2v) is 7.97. The maximum absolute atomic E-state index is 12.0. The average molecular weight is 422 g/mol. The van der Waals surface area contributed by atoms with Crippen LogP contribution in [-0.4, -0.2) is 28.6 Å². The summed E-state index contributed by atoms with van der Waals surface area (Å²) in [6.07, 6.45) is 2.56. The van der Waals surface area contributed by atoms with Gasteiger partial charge in [0.25, 0.3) is 0 Å². The van der Waals surface area contributed by atoms with E-state index in [9.17, 15) is 9.90 Å². The number of para-hydroxylation sites is 1. The molecule has 4 nitrogen and oxygen atoms in total. The molecular formula is C25H24ClNO3. The first-order chi connectivity index (χ1) is 14.6. The smallest absolute Gasteiger partial charge is 0.320 e. The molecule has 4 rings (SSSR count). The van der Waals surface area contributed by atoms with Crippen molar-refractivity contribution in [1.82, 2.24) is 4.90 Å². The summed E-state index contributed by atoms with van der Waals surface area (Å²) in [6.45, 7) is 0.730. The standard InChI is InChI=1S/C25H24ClNO3/c26-20-14-12-18(13-15-20)24(27-16-5-4-11-23(27)25(28)29)19-7-6-10-22(17-19)30-21-8-2-1-3-9-21/h1-3,6-10,12-15,17,23-24H,4-5,11,16H2,(H,28,29). The van der Waals surface area contributed by atoms with Crippen LogP contribution in [0.5, 0.6) is 11.5 Å². The van der Waals surface area contributed by atoms with E-state index in [0.717, 1.165) is 42.0 Å². The largest absolute Gasteiger partial charge is 0.480 e. The van der Waals surface area contributed by atoms with Gasteiger partial charge in [-0.05, 0) is 66.9 Å². The van der Waals surface area contributed by atoms with Crippen LogP contribution >= 0.6 is 11.6 Å². The molecule has 0 amide bonds. The molecular weight excluding hydrogens is 398 g/mol. The third kappa shape index (κ3) is 4.66. The van der Waals surface area contributed by atoms with Gasteiger partial charge < -0.3 is 9.84 Å². The number of ether oxygens (including phenoxy) is 1. The molecule has 1 saturated heterocycles. The van der Waals surface area contributed by atoms with Crippen molar-refractivity contribution in [3.63, 3.8) is 0 Å². The molecule has 1 fully saturated rings. The molecule has 154 valence electrons. The van der Waals surface area contributed by atoms with E-state index >= 15 is 0 Å². The number of nitrogens with zero attached hydrogens (tertiary/aromatic N) is 1. The minimum absolute atomic E-state index is 0.192. The molecule has 3 aromatic carbocycles. The minimum Gasteiger partial charge on any atom is -0.480 e. The highest BCUT2D eigenvalue weighted by molar-refractivity contribution is 6.30. The molecule has 1 N–H and O–H groups in total. The van der Waals surface area contributed by atoms with E-state index in [-0.39, 0.29) is 6.04 Å². The Morgan fingerprint density at radius 1 is 0.933 bits per heavy atom. The molecule has 0 saturated carbocycles. The van der Waals surface area contributed by atoms with Gasteiger partial charge in [0.05, 0.1) is 6.04 Å². The Balaban J connectivity index is 1.73. The van der Waals surface area contributed by atoms with Gasteiger partial charge in [-0.3, -0.25) is 9.69 Å². The Hall–Kier alpha value is -2.82. The van der Waals surface area contributed by atoms with E-state index < -0.39 is 12.0 Å². The third-order valence-corrected chi connectivity index (χ3v) is 5.75. The Kier molecular flexibility index (Phi) is 6.36. The summed E-state index contributed by atoms with van der Waals surface area (Å²) in [5, 5.41) is 10.5. The maximum atomic E-state index is 12.0. The molecule has 30 heavy (non-hydrogen) atoms. The number of hydrogen-bond acceptors (Lipinski definition) is 3. The lowest BCUT2D eigenvalue weighted by molar-refractivity contribution is -0.145. The fraction of sp³-hybridized carbons (Fsp3) is 0.240. The van der Waals surface area contributed by atoms with Crippen molar-refractivity contribution in [3.8, 4) is 11.5 Å². The van der Waals surface area contributed by atoms with Crippen molar-refractivity contribution in [1.29, 1.82) is 0 Å². The number of carboxylic acids is 1.